The van der Waals surface area contributed by atoms with E-state index in [0.29, 0.717) is 17.8 Å². The third kappa shape index (κ3) is 0.741. The summed E-state index contributed by atoms with van der Waals surface area (Å²) in [7, 11) is 0. The second kappa shape index (κ2) is 2.25. The Bertz CT molecular complexity index is 155. The van der Waals surface area contributed by atoms with Crippen LogP contribution >= 0.6 is 0 Å². The largest absolute Gasteiger partial charge is 0.316 e. The van der Waals surface area contributed by atoms with E-state index in [1.165, 1.54) is 12.8 Å². The van der Waals surface area contributed by atoms with Crippen molar-refractivity contribution < 1.29 is 0 Å². The fourth-order valence-electron chi connectivity index (χ4n) is 2.30. The molecule has 2 rings (SSSR count). The quantitative estimate of drug-likeness (QED) is 0.533. The first kappa shape index (κ1) is 6.18. The van der Waals surface area contributed by atoms with Crippen LogP contribution in [-0.2, 0) is 0 Å². The van der Waals surface area contributed by atoms with Gasteiger partial charge in [0.2, 0.25) is 0 Å². The van der Waals surface area contributed by atoms with Crippen LogP contribution in [0, 0.1) is 29.1 Å². The van der Waals surface area contributed by atoms with Gasteiger partial charge < -0.3 is 5.32 Å². The van der Waals surface area contributed by atoms with Gasteiger partial charge in [0.05, 0.1) is 12.0 Å². The van der Waals surface area contributed by atoms with E-state index in [1.54, 1.807) is 0 Å². The number of hydrogen-bond acceptors (Lipinski definition) is 2. The van der Waals surface area contributed by atoms with Crippen LogP contribution in [0.2, 0.25) is 0 Å². The van der Waals surface area contributed by atoms with Crippen molar-refractivity contribution in [1.82, 2.24) is 5.32 Å². The number of nitrogens with zero attached hydrogens (tertiary/aromatic N) is 1. The van der Waals surface area contributed by atoms with Crippen LogP contribution in [0.4, 0.5) is 0 Å². The molecule has 10 heavy (non-hydrogen) atoms. The molecule has 2 fully saturated rings. The van der Waals surface area contributed by atoms with Gasteiger partial charge in [-0.2, -0.15) is 5.26 Å². The topological polar surface area (TPSA) is 35.8 Å². The third-order valence-corrected chi connectivity index (χ3v) is 2.89. The Morgan fingerprint density at radius 3 is 2.20 bits per heavy atom. The first-order valence-electron chi connectivity index (χ1n) is 4.02. The Morgan fingerprint density at radius 1 is 1.20 bits per heavy atom. The molecule has 1 aliphatic carbocycles. The van der Waals surface area contributed by atoms with Crippen LogP contribution in [0.25, 0.3) is 0 Å². The number of fused-ring (bicyclic) bond motifs is 2. The van der Waals surface area contributed by atoms with Crippen molar-refractivity contribution in [2.75, 3.05) is 13.1 Å². The highest BCUT2D eigenvalue weighted by Crippen LogP contribution is 2.38. The number of rotatable bonds is 0. The summed E-state index contributed by atoms with van der Waals surface area (Å²) in [6, 6.07) is 2.43. The number of hydrogen-bond donors (Lipinski definition) is 1. The maximum absolute atomic E-state index is 8.79. The van der Waals surface area contributed by atoms with Crippen molar-refractivity contribution in [1.29, 1.82) is 5.26 Å². The fourth-order valence-corrected chi connectivity index (χ4v) is 2.30. The lowest BCUT2D eigenvalue weighted by Crippen LogP contribution is -2.37. The fraction of sp³-hybridized carbons (Fsp3) is 0.875. The van der Waals surface area contributed by atoms with E-state index >= 15 is 0 Å². The SMILES string of the molecule is N#C[C@@H]1[C@@H]2CC[C@H]1CNC2. The highest BCUT2D eigenvalue weighted by Gasteiger charge is 2.38. The minimum Gasteiger partial charge on any atom is -0.316 e. The second-order valence-electron chi connectivity index (χ2n) is 3.41. The summed E-state index contributed by atoms with van der Waals surface area (Å²) in [5.41, 5.74) is 0. The minimum atomic E-state index is 0.376. The molecule has 1 saturated carbocycles. The van der Waals surface area contributed by atoms with Gasteiger partial charge in [-0.25, -0.2) is 0 Å². The summed E-state index contributed by atoms with van der Waals surface area (Å²) in [5, 5.41) is 12.2. The van der Waals surface area contributed by atoms with Crippen LogP contribution in [-0.4, -0.2) is 13.1 Å². The Hall–Kier alpha value is -0.550. The molecule has 1 heterocycles. The molecule has 2 heteroatoms. The highest BCUT2D eigenvalue weighted by molar-refractivity contribution is 5.01. The van der Waals surface area contributed by atoms with Crippen molar-refractivity contribution in [3.63, 3.8) is 0 Å². The maximum atomic E-state index is 8.79. The van der Waals surface area contributed by atoms with Gasteiger partial charge in [-0.15, -0.1) is 0 Å². The van der Waals surface area contributed by atoms with E-state index in [0.717, 1.165) is 13.1 Å². The zero-order valence-electron chi connectivity index (χ0n) is 6.01. The molecule has 0 radical (unpaired) electrons. The van der Waals surface area contributed by atoms with Crippen molar-refractivity contribution in [3.8, 4) is 6.07 Å². The molecule has 0 aromatic heterocycles. The molecule has 0 spiro atoms. The zero-order chi connectivity index (χ0) is 6.97. The molecule has 0 aromatic carbocycles. The predicted molar refractivity (Wildman–Crippen MR) is 38.2 cm³/mol. The standard InChI is InChI=1S/C8H12N2/c9-3-8-6-1-2-7(8)5-10-4-6/h6-8,10H,1-2,4-5H2/t6-,7+,8-. The molecular formula is C8H12N2. The molecule has 1 saturated heterocycles. The van der Waals surface area contributed by atoms with E-state index in [9.17, 15) is 0 Å². The normalized spacial score (nSPS) is 44.9. The first-order valence-corrected chi connectivity index (χ1v) is 4.02. The van der Waals surface area contributed by atoms with E-state index in [2.05, 4.69) is 11.4 Å². The molecule has 54 valence electrons. The smallest absolute Gasteiger partial charge is 0.0662 e. The average Bonchev–Trinajstić information content (AvgIpc) is 2.19. The van der Waals surface area contributed by atoms with Gasteiger partial charge in [-0.05, 0) is 37.8 Å². The molecule has 2 bridgehead atoms. The molecular weight excluding hydrogens is 124 g/mol. The van der Waals surface area contributed by atoms with Gasteiger partial charge >= 0.3 is 0 Å². The molecule has 1 aliphatic heterocycles. The lowest BCUT2D eigenvalue weighted by molar-refractivity contribution is 0.305. The monoisotopic (exact) mass is 136 g/mol. The van der Waals surface area contributed by atoms with Gasteiger partial charge in [0.1, 0.15) is 0 Å². The maximum Gasteiger partial charge on any atom is 0.0662 e. The van der Waals surface area contributed by atoms with Crippen molar-refractivity contribution in [3.05, 3.63) is 0 Å². The summed E-state index contributed by atoms with van der Waals surface area (Å²) < 4.78 is 0. The van der Waals surface area contributed by atoms with Crippen LogP contribution in [0.1, 0.15) is 12.8 Å². The summed E-state index contributed by atoms with van der Waals surface area (Å²) in [6.07, 6.45) is 2.55. The molecule has 2 nitrogen and oxygen atoms in total. The third-order valence-electron chi connectivity index (χ3n) is 2.89. The van der Waals surface area contributed by atoms with Crippen LogP contribution < -0.4 is 5.32 Å². The van der Waals surface area contributed by atoms with Gasteiger partial charge in [-0.3, -0.25) is 0 Å². The molecule has 0 amide bonds. The zero-order valence-corrected chi connectivity index (χ0v) is 6.01. The molecule has 2 aliphatic rings. The van der Waals surface area contributed by atoms with Crippen molar-refractivity contribution in [2.24, 2.45) is 17.8 Å². The molecule has 1 N–H and O–H groups in total. The van der Waals surface area contributed by atoms with Gasteiger partial charge in [0.25, 0.3) is 0 Å². The van der Waals surface area contributed by atoms with Gasteiger partial charge in [0.15, 0.2) is 0 Å². The van der Waals surface area contributed by atoms with E-state index in [-0.39, 0.29) is 0 Å². The van der Waals surface area contributed by atoms with Gasteiger partial charge in [0, 0.05) is 0 Å². The lowest BCUT2D eigenvalue weighted by Gasteiger charge is -2.24. The minimum absolute atomic E-state index is 0.376. The highest BCUT2D eigenvalue weighted by atomic mass is 14.9. The van der Waals surface area contributed by atoms with Crippen LogP contribution in [0.15, 0.2) is 0 Å². The van der Waals surface area contributed by atoms with Gasteiger partial charge in [-0.1, -0.05) is 0 Å². The van der Waals surface area contributed by atoms with E-state index in [1.807, 2.05) is 0 Å². The Labute approximate surface area is 61.2 Å². The molecule has 3 atom stereocenters. The second-order valence-corrected chi connectivity index (χ2v) is 3.41. The van der Waals surface area contributed by atoms with Crippen molar-refractivity contribution in [2.45, 2.75) is 12.8 Å². The lowest BCUT2D eigenvalue weighted by atomic mass is 9.88. The summed E-state index contributed by atoms with van der Waals surface area (Å²) in [5.74, 6) is 1.72. The number of nitriles is 1. The Balaban J connectivity index is 2.15. The van der Waals surface area contributed by atoms with E-state index in [4.69, 9.17) is 5.26 Å². The van der Waals surface area contributed by atoms with Crippen molar-refractivity contribution >= 4 is 0 Å². The van der Waals surface area contributed by atoms with E-state index < -0.39 is 0 Å². The first-order chi connectivity index (χ1) is 4.92. The molecule has 0 unspecified atom stereocenters. The predicted octanol–water partition coefficient (Wildman–Crippen LogP) is 0.756. The average molecular weight is 136 g/mol. The number of piperidine rings is 1. The summed E-state index contributed by atoms with van der Waals surface area (Å²) in [4.78, 5) is 0. The molecule has 0 aromatic rings. The Kier molecular flexibility index (Phi) is 1.39. The van der Waals surface area contributed by atoms with Crippen LogP contribution in [0.5, 0.6) is 0 Å². The summed E-state index contributed by atoms with van der Waals surface area (Å²) in [6.45, 7) is 2.16. The Morgan fingerprint density at radius 2 is 1.80 bits per heavy atom. The number of nitrogens with one attached hydrogen (secondary N) is 1. The van der Waals surface area contributed by atoms with Crippen LogP contribution in [0.3, 0.4) is 0 Å². The summed E-state index contributed by atoms with van der Waals surface area (Å²) >= 11 is 0.